The molecular formula is C14H10Br2N2O. The molecule has 0 bridgehead atoms. The predicted molar refractivity (Wildman–Crippen MR) is 83.3 cm³/mol. The highest BCUT2D eigenvalue weighted by atomic mass is 79.9. The lowest BCUT2D eigenvalue weighted by Gasteiger charge is -2.00. The van der Waals surface area contributed by atoms with Crippen molar-refractivity contribution in [1.29, 1.82) is 0 Å². The van der Waals surface area contributed by atoms with Crippen LogP contribution in [0.3, 0.4) is 0 Å². The van der Waals surface area contributed by atoms with E-state index in [2.05, 4.69) is 42.4 Å². The molecule has 2 aromatic carbocycles. The molecule has 0 aliphatic heterocycles. The van der Waals surface area contributed by atoms with Crippen LogP contribution in [-0.4, -0.2) is 12.1 Å². The van der Waals surface area contributed by atoms with Crippen molar-refractivity contribution < 1.29 is 4.79 Å². The predicted octanol–water partition coefficient (Wildman–Crippen LogP) is 3.98. The fourth-order valence-corrected chi connectivity index (χ4v) is 2.26. The minimum atomic E-state index is -0.243. The summed E-state index contributed by atoms with van der Waals surface area (Å²) in [6.45, 7) is 0. The highest BCUT2D eigenvalue weighted by Gasteiger charge is 2.03. The number of carbonyl (C=O) groups excluding carboxylic acids is 1. The number of nitrogens with zero attached hydrogens (tertiary/aromatic N) is 1. The molecule has 2 rings (SSSR count). The van der Waals surface area contributed by atoms with Crippen molar-refractivity contribution in [1.82, 2.24) is 5.43 Å². The summed E-state index contributed by atoms with van der Waals surface area (Å²) in [6, 6.07) is 14.8. The Balaban J connectivity index is 2.01. The van der Waals surface area contributed by atoms with E-state index < -0.39 is 0 Å². The van der Waals surface area contributed by atoms with E-state index in [9.17, 15) is 4.79 Å². The number of hydrogen-bond acceptors (Lipinski definition) is 2. The maximum Gasteiger partial charge on any atom is 0.271 e. The van der Waals surface area contributed by atoms with Crippen molar-refractivity contribution in [2.75, 3.05) is 0 Å². The van der Waals surface area contributed by atoms with E-state index in [0.717, 1.165) is 14.5 Å². The standard InChI is InChI=1S/C14H10Br2N2O/c15-12-5-1-3-10(7-12)9-17-18-14(19)11-4-2-6-13(16)8-11/h1-9H,(H,18,19)/b17-9-. The molecule has 0 radical (unpaired) electrons. The smallest absolute Gasteiger partial charge is 0.267 e. The minimum absolute atomic E-state index is 0.243. The van der Waals surface area contributed by atoms with E-state index in [-0.39, 0.29) is 5.91 Å². The van der Waals surface area contributed by atoms with Crippen molar-refractivity contribution in [3.8, 4) is 0 Å². The van der Waals surface area contributed by atoms with Gasteiger partial charge in [-0.05, 0) is 35.9 Å². The maximum atomic E-state index is 11.8. The molecule has 0 fully saturated rings. The van der Waals surface area contributed by atoms with Crippen LogP contribution in [0.5, 0.6) is 0 Å². The van der Waals surface area contributed by atoms with Gasteiger partial charge in [0.15, 0.2) is 0 Å². The molecule has 0 aliphatic carbocycles. The highest BCUT2D eigenvalue weighted by Crippen LogP contribution is 2.11. The van der Waals surface area contributed by atoms with E-state index in [1.165, 1.54) is 0 Å². The summed E-state index contributed by atoms with van der Waals surface area (Å²) in [7, 11) is 0. The van der Waals surface area contributed by atoms with Gasteiger partial charge in [0.25, 0.3) is 5.91 Å². The summed E-state index contributed by atoms with van der Waals surface area (Å²) in [5.74, 6) is -0.243. The molecule has 0 saturated carbocycles. The van der Waals surface area contributed by atoms with Crippen molar-refractivity contribution in [3.05, 3.63) is 68.6 Å². The lowest BCUT2D eigenvalue weighted by Crippen LogP contribution is -2.17. The summed E-state index contributed by atoms with van der Waals surface area (Å²) in [5.41, 5.74) is 3.95. The van der Waals surface area contributed by atoms with Gasteiger partial charge in [0.1, 0.15) is 0 Å². The van der Waals surface area contributed by atoms with Crippen LogP contribution in [0.4, 0.5) is 0 Å². The number of nitrogens with one attached hydrogen (secondary N) is 1. The van der Waals surface area contributed by atoms with Crippen molar-refractivity contribution >= 4 is 44.0 Å². The van der Waals surface area contributed by atoms with Crippen LogP contribution in [0.25, 0.3) is 0 Å². The molecule has 96 valence electrons. The largest absolute Gasteiger partial charge is 0.271 e. The Morgan fingerprint density at radius 1 is 1.05 bits per heavy atom. The second-order valence-electron chi connectivity index (χ2n) is 3.76. The molecule has 0 aromatic heterocycles. The first-order chi connectivity index (χ1) is 9.15. The van der Waals surface area contributed by atoms with Gasteiger partial charge in [-0.15, -0.1) is 0 Å². The maximum absolute atomic E-state index is 11.8. The van der Waals surface area contributed by atoms with Crippen LogP contribution >= 0.6 is 31.9 Å². The number of hydrazone groups is 1. The molecule has 0 unspecified atom stereocenters. The van der Waals surface area contributed by atoms with Gasteiger partial charge >= 0.3 is 0 Å². The highest BCUT2D eigenvalue weighted by molar-refractivity contribution is 9.10. The molecule has 0 spiro atoms. The number of carbonyl (C=O) groups is 1. The fourth-order valence-electron chi connectivity index (χ4n) is 1.45. The zero-order valence-corrected chi connectivity index (χ0v) is 13.0. The van der Waals surface area contributed by atoms with Crippen molar-refractivity contribution in [2.45, 2.75) is 0 Å². The number of hydrogen-bond donors (Lipinski definition) is 1. The van der Waals surface area contributed by atoms with Gasteiger partial charge < -0.3 is 0 Å². The Kier molecular flexibility index (Phi) is 4.87. The number of amides is 1. The third-order valence-corrected chi connectivity index (χ3v) is 3.30. The van der Waals surface area contributed by atoms with Gasteiger partial charge in [0.05, 0.1) is 6.21 Å². The molecule has 19 heavy (non-hydrogen) atoms. The molecule has 2 aromatic rings. The van der Waals surface area contributed by atoms with E-state index >= 15 is 0 Å². The Bertz CT molecular complexity index is 626. The van der Waals surface area contributed by atoms with Crippen LogP contribution in [0.15, 0.2) is 62.6 Å². The molecule has 0 aliphatic rings. The average Bonchev–Trinajstić information content (AvgIpc) is 2.38. The van der Waals surface area contributed by atoms with Gasteiger partial charge in [0, 0.05) is 14.5 Å². The second-order valence-corrected chi connectivity index (χ2v) is 5.60. The van der Waals surface area contributed by atoms with Crippen LogP contribution in [-0.2, 0) is 0 Å². The van der Waals surface area contributed by atoms with Gasteiger partial charge in [0.2, 0.25) is 0 Å². The summed E-state index contributed by atoms with van der Waals surface area (Å²) in [4.78, 5) is 11.8. The fraction of sp³-hybridized carbons (Fsp3) is 0. The van der Waals surface area contributed by atoms with Crippen LogP contribution in [0.1, 0.15) is 15.9 Å². The van der Waals surface area contributed by atoms with Crippen LogP contribution < -0.4 is 5.43 Å². The summed E-state index contributed by atoms with van der Waals surface area (Å²) < 4.78 is 1.82. The van der Waals surface area contributed by atoms with E-state index in [4.69, 9.17) is 0 Å². The summed E-state index contributed by atoms with van der Waals surface area (Å²) >= 11 is 6.69. The quantitative estimate of drug-likeness (QED) is 0.634. The molecule has 0 heterocycles. The number of benzene rings is 2. The van der Waals surface area contributed by atoms with Gasteiger partial charge in [-0.25, -0.2) is 5.43 Å². The summed E-state index contributed by atoms with van der Waals surface area (Å²) in [6.07, 6.45) is 1.60. The molecule has 1 N–H and O–H groups in total. The first-order valence-corrected chi connectivity index (χ1v) is 7.08. The first-order valence-electron chi connectivity index (χ1n) is 5.50. The zero-order valence-electron chi connectivity index (χ0n) is 9.81. The Hall–Kier alpha value is -1.46. The van der Waals surface area contributed by atoms with Crippen molar-refractivity contribution in [2.24, 2.45) is 5.10 Å². The van der Waals surface area contributed by atoms with Crippen LogP contribution in [0, 0.1) is 0 Å². The summed E-state index contributed by atoms with van der Waals surface area (Å²) in [5, 5.41) is 3.93. The minimum Gasteiger partial charge on any atom is -0.267 e. The zero-order chi connectivity index (χ0) is 13.7. The van der Waals surface area contributed by atoms with E-state index in [1.807, 2.05) is 30.3 Å². The SMILES string of the molecule is O=C(N/N=C\c1cccc(Br)c1)c1cccc(Br)c1. The van der Waals surface area contributed by atoms with Gasteiger partial charge in [-0.1, -0.05) is 50.1 Å². The lowest BCUT2D eigenvalue weighted by atomic mass is 10.2. The van der Waals surface area contributed by atoms with Crippen LogP contribution in [0.2, 0.25) is 0 Å². The van der Waals surface area contributed by atoms with Crippen molar-refractivity contribution in [3.63, 3.8) is 0 Å². The van der Waals surface area contributed by atoms with E-state index in [0.29, 0.717) is 5.56 Å². The Labute approximate surface area is 128 Å². The number of rotatable bonds is 3. The Morgan fingerprint density at radius 2 is 1.74 bits per heavy atom. The molecule has 5 heteroatoms. The second kappa shape index (κ2) is 6.63. The number of halogens is 2. The normalized spacial score (nSPS) is 10.6. The Morgan fingerprint density at radius 3 is 2.42 bits per heavy atom. The van der Waals surface area contributed by atoms with E-state index in [1.54, 1.807) is 24.4 Å². The molecule has 3 nitrogen and oxygen atoms in total. The molecule has 0 saturated heterocycles. The van der Waals surface area contributed by atoms with Gasteiger partial charge in [-0.3, -0.25) is 4.79 Å². The topological polar surface area (TPSA) is 41.5 Å². The molecular weight excluding hydrogens is 372 g/mol. The molecule has 0 atom stereocenters. The first kappa shape index (κ1) is 14.0. The average molecular weight is 382 g/mol. The third-order valence-electron chi connectivity index (χ3n) is 2.32. The lowest BCUT2D eigenvalue weighted by molar-refractivity contribution is 0.0955. The molecule has 1 amide bonds. The third kappa shape index (κ3) is 4.29. The monoisotopic (exact) mass is 380 g/mol. The van der Waals surface area contributed by atoms with Gasteiger partial charge in [-0.2, -0.15) is 5.10 Å².